The van der Waals surface area contributed by atoms with Crippen molar-refractivity contribution in [2.75, 3.05) is 12.3 Å². The summed E-state index contributed by atoms with van der Waals surface area (Å²) in [5.74, 6) is 1.01. The smallest absolute Gasteiger partial charge is 0.219 e. The SMILES string of the molecule is CCCCCCCSC(C[N+](=O)[O-])c1ccccc1. The van der Waals surface area contributed by atoms with Crippen LogP contribution in [0.2, 0.25) is 0 Å². The number of nitro groups is 1. The summed E-state index contributed by atoms with van der Waals surface area (Å²) >= 11 is 1.72. The van der Waals surface area contributed by atoms with Crippen molar-refractivity contribution in [1.82, 2.24) is 0 Å². The Bertz CT molecular complexity index is 356. The molecule has 0 N–H and O–H groups in total. The Morgan fingerprint density at radius 3 is 2.47 bits per heavy atom. The molecular formula is C15H23NO2S. The Hall–Kier alpha value is -1.03. The van der Waals surface area contributed by atoms with Crippen LogP contribution in [0.4, 0.5) is 0 Å². The summed E-state index contributed by atoms with van der Waals surface area (Å²) in [6, 6.07) is 9.81. The molecule has 0 aliphatic rings. The molecular weight excluding hydrogens is 258 g/mol. The van der Waals surface area contributed by atoms with Crippen LogP contribution in [0, 0.1) is 10.1 Å². The first kappa shape index (κ1) is 16.0. The van der Waals surface area contributed by atoms with Gasteiger partial charge in [0, 0.05) is 4.92 Å². The topological polar surface area (TPSA) is 43.1 Å². The quantitative estimate of drug-likeness (QED) is 0.354. The van der Waals surface area contributed by atoms with E-state index in [1.54, 1.807) is 11.8 Å². The maximum Gasteiger partial charge on any atom is 0.219 e. The lowest BCUT2D eigenvalue weighted by Gasteiger charge is -2.12. The molecule has 0 saturated heterocycles. The highest BCUT2D eigenvalue weighted by atomic mass is 32.2. The minimum atomic E-state index is -0.207. The molecule has 0 bridgehead atoms. The molecule has 1 aromatic rings. The van der Waals surface area contributed by atoms with Gasteiger partial charge in [-0.15, -0.1) is 11.8 Å². The average molecular weight is 281 g/mol. The first-order chi connectivity index (χ1) is 9.24. The van der Waals surface area contributed by atoms with Gasteiger partial charge < -0.3 is 0 Å². The molecule has 0 saturated carbocycles. The van der Waals surface area contributed by atoms with Gasteiger partial charge in [0.2, 0.25) is 6.54 Å². The molecule has 1 atom stereocenters. The van der Waals surface area contributed by atoms with Gasteiger partial charge in [0.1, 0.15) is 0 Å². The highest BCUT2D eigenvalue weighted by Crippen LogP contribution is 2.29. The fraction of sp³-hybridized carbons (Fsp3) is 0.600. The van der Waals surface area contributed by atoms with E-state index in [-0.39, 0.29) is 16.7 Å². The van der Waals surface area contributed by atoms with Crippen LogP contribution in [-0.2, 0) is 0 Å². The van der Waals surface area contributed by atoms with Crippen LogP contribution in [-0.4, -0.2) is 17.2 Å². The molecule has 0 heterocycles. The number of benzene rings is 1. The van der Waals surface area contributed by atoms with Crippen LogP contribution in [0.5, 0.6) is 0 Å². The summed E-state index contributed by atoms with van der Waals surface area (Å²) < 4.78 is 0. The average Bonchev–Trinajstić information content (AvgIpc) is 2.42. The van der Waals surface area contributed by atoms with Crippen molar-refractivity contribution in [1.29, 1.82) is 0 Å². The summed E-state index contributed by atoms with van der Waals surface area (Å²) in [5, 5.41) is 10.7. The van der Waals surface area contributed by atoms with E-state index in [0.29, 0.717) is 0 Å². The first-order valence-corrected chi connectivity index (χ1v) is 8.07. The zero-order valence-corrected chi connectivity index (χ0v) is 12.4. The molecule has 0 aliphatic heterocycles. The van der Waals surface area contributed by atoms with Crippen molar-refractivity contribution < 1.29 is 4.92 Å². The summed E-state index contributed by atoms with van der Waals surface area (Å²) in [7, 11) is 0. The second-order valence-corrected chi connectivity index (χ2v) is 6.01. The molecule has 0 fully saturated rings. The van der Waals surface area contributed by atoms with E-state index in [0.717, 1.165) is 17.7 Å². The Kier molecular flexibility index (Phi) is 8.30. The Morgan fingerprint density at radius 2 is 1.84 bits per heavy atom. The van der Waals surface area contributed by atoms with Crippen molar-refractivity contribution in [3.05, 3.63) is 46.0 Å². The molecule has 0 amide bonds. The molecule has 1 aromatic carbocycles. The zero-order valence-electron chi connectivity index (χ0n) is 11.6. The van der Waals surface area contributed by atoms with E-state index in [1.165, 1.54) is 25.7 Å². The van der Waals surface area contributed by atoms with Crippen molar-refractivity contribution in [3.8, 4) is 0 Å². The van der Waals surface area contributed by atoms with Gasteiger partial charge in [-0.2, -0.15) is 0 Å². The van der Waals surface area contributed by atoms with Crippen LogP contribution in [0.3, 0.4) is 0 Å². The fourth-order valence-corrected chi connectivity index (χ4v) is 3.22. The summed E-state index contributed by atoms with van der Waals surface area (Å²) in [6.45, 7) is 2.22. The monoisotopic (exact) mass is 281 g/mol. The van der Waals surface area contributed by atoms with Crippen LogP contribution >= 0.6 is 11.8 Å². The minimum absolute atomic E-state index is 0.0117. The third kappa shape index (κ3) is 7.21. The summed E-state index contributed by atoms with van der Waals surface area (Å²) in [6.07, 6.45) is 6.22. The predicted octanol–water partition coefficient (Wildman–Crippen LogP) is 4.71. The third-order valence-electron chi connectivity index (χ3n) is 3.05. The molecule has 19 heavy (non-hydrogen) atoms. The van der Waals surface area contributed by atoms with E-state index in [1.807, 2.05) is 30.3 Å². The Morgan fingerprint density at radius 1 is 1.16 bits per heavy atom. The van der Waals surface area contributed by atoms with Crippen molar-refractivity contribution in [2.24, 2.45) is 0 Å². The van der Waals surface area contributed by atoms with E-state index >= 15 is 0 Å². The standard InChI is InChI=1S/C15H23NO2S/c1-2-3-4-5-9-12-19-15(13-16(17)18)14-10-7-6-8-11-14/h6-8,10-11,15H,2-5,9,12-13H2,1H3. The number of hydrogen-bond donors (Lipinski definition) is 0. The summed E-state index contributed by atoms with van der Waals surface area (Å²) in [5.41, 5.74) is 1.07. The number of unbranched alkanes of at least 4 members (excludes halogenated alkanes) is 4. The Balaban J connectivity index is 2.36. The van der Waals surface area contributed by atoms with Gasteiger partial charge in [-0.05, 0) is 17.7 Å². The van der Waals surface area contributed by atoms with Crippen LogP contribution in [0.1, 0.15) is 49.8 Å². The van der Waals surface area contributed by atoms with Crippen LogP contribution in [0.25, 0.3) is 0 Å². The lowest BCUT2D eigenvalue weighted by molar-refractivity contribution is -0.479. The highest BCUT2D eigenvalue weighted by Gasteiger charge is 2.17. The van der Waals surface area contributed by atoms with E-state index in [4.69, 9.17) is 0 Å². The largest absolute Gasteiger partial charge is 0.264 e. The highest BCUT2D eigenvalue weighted by molar-refractivity contribution is 7.99. The van der Waals surface area contributed by atoms with Gasteiger partial charge in [-0.25, -0.2) is 0 Å². The van der Waals surface area contributed by atoms with Crippen molar-refractivity contribution in [3.63, 3.8) is 0 Å². The van der Waals surface area contributed by atoms with Gasteiger partial charge in [0.05, 0.1) is 5.25 Å². The van der Waals surface area contributed by atoms with Gasteiger partial charge in [0.25, 0.3) is 0 Å². The maximum absolute atomic E-state index is 10.7. The van der Waals surface area contributed by atoms with Crippen molar-refractivity contribution >= 4 is 11.8 Å². The normalized spacial score (nSPS) is 12.3. The van der Waals surface area contributed by atoms with Crippen molar-refractivity contribution in [2.45, 2.75) is 44.3 Å². The van der Waals surface area contributed by atoms with E-state index < -0.39 is 0 Å². The summed E-state index contributed by atoms with van der Waals surface area (Å²) in [4.78, 5) is 10.5. The third-order valence-corrected chi connectivity index (χ3v) is 4.40. The van der Waals surface area contributed by atoms with Gasteiger partial charge >= 0.3 is 0 Å². The van der Waals surface area contributed by atoms with Gasteiger partial charge in [0.15, 0.2) is 0 Å². The fourth-order valence-electron chi connectivity index (χ4n) is 1.99. The molecule has 106 valence electrons. The minimum Gasteiger partial charge on any atom is -0.264 e. The molecule has 1 rings (SSSR count). The molecule has 1 unspecified atom stereocenters. The number of thioether (sulfide) groups is 1. The second kappa shape index (κ2) is 9.84. The molecule has 3 nitrogen and oxygen atoms in total. The van der Waals surface area contributed by atoms with E-state index in [2.05, 4.69) is 6.92 Å². The molecule has 0 radical (unpaired) electrons. The zero-order chi connectivity index (χ0) is 13.9. The predicted molar refractivity (Wildman–Crippen MR) is 82.3 cm³/mol. The molecule has 0 spiro atoms. The molecule has 4 heteroatoms. The van der Waals surface area contributed by atoms with Gasteiger partial charge in [-0.3, -0.25) is 10.1 Å². The first-order valence-electron chi connectivity index (χ1n) is 7.02. The van der Waals surface area contributed by atoms with E-state index in [9.17, 15) is 10.1 Å². The van der Waals surface area contributed by atoms with Gasteiger partial charge in [-0.1, -0.05) is 62.9 Å². The number of nitrogens with zero attached hydrogens (tertiary/aromatic N) is 1. The maximum atomic E-state index is 10.7. The van der Waals surface area contributed by atoms with Crippen LogP contribution in [0.15, 0.2) is 30.3 Å². The second-order valence-electron chi connectivity index (χ2n) is 4.70. The number of hydrogen-bond acceptors (Lipinski definition) is 3. The molecule has 0 aromatic heterocycles. The number of rotatable bonds is 10. The van der Waals surface area contributed by atoms with Crippen LogP contribution < -0.4 is 0 Å². The lowest BCUT2D eigenvalue weighted by Crippen LogP contribution is -2.10. The Labute approximate surface area is 119 Å². The molecule has 0 aliphatic carbocycles. The lowest BCUT2D eigenvalue weighted by atomic mass is 10.1.